The van der Waals surface area contributed by atoms with Crippen LogP contribution < -0.4 is 5.56 Å². The third-order valence-corrected chi connectivity index (χ3v) is 5.97. The van der Waals surface area contributed by atoms with Gasteiger partial charge in [0.05, 0.1) is 28.2 Å². The van der Waals surface area contributed by atoms with Crippen LogP contribution in [-0.4, -0.2) is 27.4 Å². The van der Waals surface area contributed by atoms with Gasteiger partial charge in [-0.1, -0.05) is 48.9 Å². The number of carbonyl (C=O) groups is 1. The highest BCUT2D eigenvalue weighted by molar-refractivity contribution is 5.94. The zero-order valence-electron chi connectivity index (χ0n) is 19.2. The fourth-order valence-corrected chi connectivity index (χ4v) is 4.26. The van der Waals surface area contributed by atoms with Crippen molar-refractivity contribution in [2.45, 2.75) is 33.2 Å². The first-order valence-corrected chi connectivity index (χ1v) is 10.9. The number of fused-ring (bicyclic) bond motifs is 1. The first kappa shape index (κ1) is 22.4. The van der Waals surface area contributed by atoms with E-state index in [4.69, 9.17) is 4.98 Å². The van der Waals surface area contributed by atoms with Crippen LogP contribution >= 0.6 is 0 Å². The van der Waals surface area contributed by atoms with Crippen LogP contribution in [0.25, 0.3) is 16.6 Å². The first-order chi connectivity index (χ1) is 15.8. The van der Waals surface area contributed by atoms with E-state index in [2.05, 4.69) is 0 Å². The summed E-state index contributed by atoms with van der Waals surface area (Å²) in [5.74, 6) is -0.600. The predicted molar refractivity (Wildman–Crippen MR) is 128 cm³/mol. The topological polar surface area (TPSA) is 55.2 Å². The van der Waals surface area contributed by atoms with E-state index in [1.807, 2.05) is 51.1 Å². The van der Waals surface area contributed by atoms with Gasteiger partial charge in [-0.05, 0) is 56.2 Å². The van der Waals surface area contributed by atoms with Gasteiger partial charge in [0.2, 0.25) is 0 Å². The van der Waals surface area contributed by atoms with E-state index in [9.17, 15) is 14.0 Å². The van der Waals surface area contributed by atoms with Gasteiger partial charge in [0, 0.05) is 7.05 Å². The molecule has 6 heteroatoms. The molecule has 1 atom stereocenters. The average Bonchev–Trinajstić information content (AvgIpc) is 2.80. The number of hydrogen-bond donors (Lipinski definition) is 0. The molecular weight excluding hydrogens is 417 g/mol. The lowest BCUT2D eigenvalue weighted by Crippen LogP contribution is -2.36. The summed E-state index contributed by atoms with van der Waals surface area (Å²) in [7, 11) is 1.62. The largest absolute Gasteiger partial charge is 0.331 e. The third kappa shape index (κ3) is 4.04. The van der Waals surface area contributed by atoms with Crippen LogP contribution in [0.5, 0.6) is 0 Å². The zero-order chi connectivity index (χ0) is 23.7. The molecule has 0 N–H and O–H groups in total. The van der Waals surface area contributed by atoms with Gasteiger partial charge in [-0.15, -0.1) is 0 Å². The molecule has 0 fully saturated rings. The number of rotatable bonds is 5. The fourth-order valence-electron chi connectivity index (χ4n) is 4.26. The maximum Gasteiger partial charge on any atom is 0.266 e. The van der Waals surface area contributed by atoms with E-state index >= 15 is 0 Å². The molecule has 0 spiro atoms. The Bertz CT molecular complexity index is 1410. The van der Waals surface area contributed by atoms with Crippen molar-refractivity contribution >= 4 is 16.8 Å². The molecule has 0 saturated carbocycles. The summed E-state index contributed by atoms with van der Waals surface area (Å²) in [4.78, 5) is 33.2. The lowest BCUT2D eigenvalue weighted by atomic mass is 10.1. The molecular formula is C27H26FN3O2. The van der Waals surface area contributed by atoms with Crippen LogP contribution in [0.3, 0.4) is 0 Å². The summed E-state index contributed by atoms with van der Waals surface area (Å²) in [6, 6.07) is 18.4. The predicted octanol–water partition coefficient (Wildman–Crippen LogP) is 5.36. The van der Waals surface area contributed by atoms with E-state index in [0.717, 1.165) is 11.1 Å². The second-order valence-corrected chi connectivity index (χ2v) is 8.24. The number of benzene rings is 3. The number of carbonyl (C=O) groups excluding carboxylic acids is 1. The molecule has 4 aromatic rings. The van der Waals surface area contributed by atoms with E-state index in [0.29, 0.717) is 28.8 Å². The number of para-hydroxylation sites is 1. The average molecular weight is 444 g/mol. The lowest BCUT2D eigenvalue weighted by molar-refractivity contribution is 0.0712. The second-order valence-electron chi connectivity index (χ2n) is 8.24. The van der Waals surface area contributed by atoms with E-state index in [1.165, 1.54) is 17.0 Å². The van der Waals surface area contributed by atoms with Crippen LogP contribution in [0.2, 0.25) is 0 Å². The SMILES string of the molecule is CCC(c1nc2ccccc2c(=O)n1-c1ccc(C)cc1C)N(C)C(=O)c1ccccc1F. The van der Waals surface area contributed by atoms with Crippen LogP contribution in [0.1, 0.15) is 46.7 Å². The maximum atomic E-state index is 14.4. The molecule has 0 aliphatic carbocycles. The van der Waals surface area contributed by atoms with Crippen molar-refractivity contribution in [3.63, 3.8) is 0 Å². The Kier molecular flexibility index (Phi) is 6.09. The van der Waals surface area contributed by atoms with Crippen LogP contribution in [0.4, 0.5) is 4.39 Å². The van der Waals surface area contributed by atoms with Crippen molar-refractivity contribution in [3.05, 3.63) is 105 Å². The summed E-state index contributed by atoms with van der Waals surface area (Å²) >= 11 is 0. The fraction of sp³-hybridized carbons (Fsp3) is 0.222. The quantitative estimate of drug-likeness (QED) is 0.417. The van der Waals surface area contributed by atoms with E-state index in [-0.39, 0.29) is 11.1 Å². The van der Waals surface area contributed by atoms with Gasteiger partial charge in [-0.3, -0.25) is 14.2 Å². The summed E-state index contributed by atoms with van der Waals surface area (Å²) in [6.07, 6.45) is 0.492. The number of halogens is 1. The van der Waals surface area contributed by atoms with Crippen molar-refractivity contribution in [3.8, 4) is 5.69 Å². The highest BCUT2D eigenvalue weighted by Gasteiger charge is 2.28. The Labute approximate surface area is 192 Å². The molecule has 1 amide bonds. The first-order valence-electron chi connectivity index (χ1n) is 10.9. The zero-order valence-corrected chi connectivity index (χ0v) is 19.2. The van der Waals surface area contributed by atoms with Gasteiger partial charge in [0.15, 0.2) is 0 Å². The minimum atomic E-state index is -0.581. The Hall–Kier alpha value is -3.80. The molecule has 0 aliphatic heterocycles. The monoisotopic (exact) mass is 443 g/mol. The number of aromatic nitrogens is 2. The van der Waals surface area contributed by atoms with Gasteiger partial charge < -0.3 is 4.90 Å². The summed E-state index contributed by atoms with van der Waals surface area (Å²) in [6.45, 7) is 5.86. The Morgan fingerprint density at radius 2 is 1.76 bits per heavy atom. The molecule has 3 aromatic carbocycles. The molecule has 33 heavy (non-hydrogen) atoms. The van der Waals surface area contributed by atoms with Gasteiger partial charge in [-0.2, -0.15) is 0 Å². The van der Waals surface area contributed by atoms with Gasteiger partial charge >= 0.3 is 0 Å². The molecule has 0 radical (unpaired) electrons. The van der Waals surface area contributed by atoms with Gasteiger partial charge in [-0.25, -0.2) is 9.37 Å². The molecule has 0 aliphatic rings. The number of nitrogens with zero attached hydrogens (tertiary/aromatic N) is 3. The number of hydrogen-bond acceptors (Lipinski definition) is 3. The standard InChI is InChI=1S/C27H26FN3O2/c1-5-23(30(4)26(32)19-10-6-8-12-21(19)28)25-29-22-13-9-7-11-20(22)27(33)31(25)24-15-14-17(2)16-18(24)3/h6-16,23H,5H2,1-4H3. The molecule has 1 unspecified atom stereocenters. The summed E-state index contributed by atoms with van der Waals surface area (Å²) in [5, 5.41) is 0.499. The summed E-state index contributed by atoms with van der Waals surface area (Å²) < 4.78 is 16.0. The molecule has 0 saturated heterocycles. The van der Waals surface area contributed by atoms with Crippen molar-refractivity contribution < 1.29 is 9.18 Å². The van der Waals surface area contributed by atoms with Crippen molar-refractivity contribution in [1.82, 2.24) is 14.5 Å². The van der Waals surface area contributed by atoms with Gasteiger partial charge in [0.1, 0.15) is 11.6 Å². The second kappa shape index (κ2) is 8.98. The maximum absolute atomic E-state index is 14.4. The minimum absolute atomic E-state index is 0.0142. The van der Waals surface area contributed by atoms with Crippen molar-refractivity contribution in [1.29, 1.82) is 0 Å². The Balaban J connectivity index is 1.95. The highest BCUT2D eigenvalue weighted by Crippen LogP contribution is 2.28. The lowest BCUT2D eigenvalue weighted by Gasteiger charge is -2.29. The number of amides is 1. The van der Waals surface area contributed by atoms with Crippen LogP contribution in [0.15, 0.2) is 71.5 Å². The molecule has 4 rings (SSSR count). The smallest absolute Gasteiger partial charge is 0.266 e. The summed E-state index contributed by atoms with van der Waals surface area (Å²) in [5.41, 5.74) is 3.06. The van der Waals surface area contributed by atoms with Crippen LogP contribution in [0, 0.1) is 19.7 Å². The Morgan fingerprint density at radius 3 is 2.45 bits per heavy atom. The Morgan fingerprint density at radius 1 is 1.06 bits per heavy atom. The molecule has 1 aromatic heterocycles. The minimum Gasteiger partial charge on any atom is -0.331 e. The highest BCUT2D eigenvalue weighted by atomic mass is 19.1. The van der Waals surface area contributed by atoms with Gasteiger partial charge in [0.25, 0.3) is 11.5 Å². The van der Waals surface area contributed by atoms with E-state index < -0.39 is 17.8 Å². The van der Waals surface area contributed by atoms with E-state index in [1.54, 1.807) is 35.9 Å². The normalized spacial score (nSPS) is 12.0. The number of aryl methyl sites for hydroxylation is 2. The molecule has 5 nitrogen and oxygen atoms in total. The molecule has 1 heterocycles. The van der Waals surface area contributed by atoms with Crippen molar-refractivity contribution in [2.75, 3.05) is 7.05 Å². The molecule has 168 valence electrons. The third-order valence-electron chi connectivity index (χ3n) is 5.97. The van der Waals surface area contributed by atoms with Crippen molar-refractivity contribution in [2.24, 2.45) is 0 Å². The van der Waals surface area contributed by atoms with Crippen LogP contribution in [-0.2, 0) is 0 Å². The molecule has 0 bridgehead atoms.